The van der Waals surface area contributed by atoms with Gasteiger partial charge in [-0.15, -0.1) is 6.42 Å². The number of ether oxygens (including phenoxy) is 6. The van der Waals surface area contributed by atoms with Gasteiger partial charge in [-0.1, -0.05) is 118 Å². The number of hydrogen-bond donors (Lipinski definition) is 3. The van der Waals surface area contributed by atoms with E-state index in [0.29, 0.717) is 60.5 Å². The van der Waals surface area contributed by atoms with Crippen LogP contribution in [0.1, 0.15) is 202 Å². The Balaban J connectivity index is 0.000000344. The number of carboxylic acids is 3. The van der Waals surface area contributed by atoms with E-state index < -0.39 is 69.1 Å². The van der Waals surface area contributed by atoms with Gasteiger partial charge in [-0.25, -0.2) is 14.4 Å². The molecule has 2 atom stereocenters. The van der Waals surface area contributed by atoms with Crippen LogP contribution in [-0.4, -0.2) is 139 Å². The normalized spacial score (nSPS) is 16.1. The lowest BCUT2D eigenvalue weighted by Crippen LogP contribution is -3.13. The van der Waals surface area contributed by atoms with Crippen LogP contribution in [0.3, 0.4) is 0 Å². The lowest BCUT2D eigenvalue weighted by molar-refractivity contribution is -0.905. The first kappa shape index (κ1) is 104. The van der Waals surface area contributed by atoms with Crippen LogP contribution >= 0.6 is 271 Å². The zero-order valence-electron chi connectivity index (χ0n) is 62.8. The number of likely N-dealkylation sites (tertiary alicyclic amines) is 1. The summed E-state index contributed by atoms with van der Waals surface area (Å²) in [4.78, 5) is 106. The molecule has 0 spiro atoms. The molecule has 4 fully saturated rings. The molecule has 3 heterocycles. The average molecular weight is 2870 g/mol. The van der Waals surface area contributed by atoms with Gasteiger partial charge in [0.05, 0.1) is 56.0 Å². The number of aliphatic carboxylic acids is 3. The summed E-state index contributed by atoms with van der Waals surface area (Å²) in [5, 5.41) is 36.4. The Labute approximate surface area is 810 Å². The number of rotatable bonds is 23. The summed E-state index contributed by atoms with van der Waals surface area (Å²) in [6, 6.07) is 20.6. The van der Waals surface area contributed by atoms with Crippen LogP contribution in [-0.2, 0) is 57.2 Å². The van der Waals surface area contributed by atoms with Crippen molar-refractivity contribution >= 4 is 325 Å². The first-order valence-corrected chi connectivity index (χ1v) is 48.4. The summed E-state index contributed by atoms with van der Waals surface area (Å²) >= 11 is 25.9. The number of halogens is 12. The third-order valence-electron chi connectivity index (χ3n) is 17.6. The number of carbonyl (C=O) groups is 9. The zero-order chi connectivity index (χ0) is 83.3. The standard InChI is InChI=1S/C15H18I3NO2.C14H12I3NO2.C14H16I3NO2.C13H15IO4.C11H17IO4.C10H17IO4/c1-15(2,9-3-5-19-6-4-9)21-14(20)11-7-10(16)8-12(17)13(11)18;1-2-14(3-5-18-6-4-14)20-13(19)10-7-9(15)8-11(16)12(10)17;15-10-8-11(13(17)12(16)9-10)14(19)20-7-6-18-4-2-1-3-5-18;1-13(2,14)12(17)18-10(8-11(15)16)9-6-4-3-5-7-9;1-10(2,12)9(15)16-11(7-8(13)14)5-3-4-6-11;1-6(2)7(5-8(12)13)15-9(14)10(3,4)11/h7-9,19H,3-6H2,1-2H3;1,7-8,18H,3-6H2;8-9H,1-7H2;3-7,10H,8H2,1-2H3,(H,15,16);3-7H2,1-2H3,(H,13,14);6-7H,5H2,1-4H3,(H,12,13). The van der Waals surface area contributed by atoms with Crippen LogP contribution in [0.25, 0.3) is 0 Å². The van der Waals surface area contributed by atoms with E-state index in [1.807, 2.05) is 112 Å². The summed E-state index contributed by atoms with van der Waals surface area (Å²) in [7, 11) is 0. The molecular weight excluding hydrogens is 2780 g/mol. The summed E-state index contributed by atoms with van der Waals surface area (Å²) in [5.74, 6) is -2.39. The van der Waals surface area contributed by atoms with Crippen molar-refractivity contribution in [3.63, 3.8) is 0 Å². The molecule has 8 rings (SSSR count). The molecule has 2 unspecified atom stereocenters. The van der Waals surface area contributed by atoms with Gasteiger partial charge in [0.15, 0.2) is 5.60 Å². The Morgan fingerprint density at radius 2 is 0.982 bits per heavy atom. The first-order chi connectivity index (χ1) is 51.1. The minimum atomic E-state index is -1.25. The molecule has 3 aliphatic heterocycles. The van der Waals surface area contributed by atoms with Gasteiger partial charge in [0.25, 0.3) is 0 Å². The van der Waals surface area contributed by atoms with Crippen molar-refractivity contribution in [3.05, 3.63) is 121 Å². The maximum Gasteiger partial charge on any atom is 0.340 e. The summed E-state index contributed by atoms with van der Waals surface area (Å²) < 4.78 is 40.1. The van der Waals surface area contributed by atoms with Crippen LogP contribution in [0.5, 0.6) is 0 Å². The summed E-state index contributed by atoms with van der Waals surface area (Å²) in [6.45, 7) is 26.0. The van der Waals surface area contributed by atoms with Crippen molar-refractivity contribution in [1.29, 1.82) is 0 Å². The van der Waals surface area contributed by atoms with E-state index in [-0.39, 0.29) is 49.1 Å². The topological polar surface area (TPSA) is 316 Å². The molecule has 110 heavy (non-hydrogen) atoms. The van der Waals surface area contributed by atoms with Gasteiger partial charge in [-0.3, -0.25) is 14.4 Å². The number of terminal acetylenes is 1. The molecule has 0 bridgehead atoms. The molecule has 4 aromatic carbocycles. The Morgan fingerprint density at radius 1 is 0.545 bits per heavy atom. The molecule has 0 amide bonds. The van der Waals surface area contributed by atoms with Crippen LogP contribution in [0.15, 0.2) is 66.7 Å². The minimum Gasteiger partial charge on any atom is -0.550 e. The van der Waals surface area contributed by atoms with Crippen LogP contribution in [0.4, 0.5) is 0 Å². The highest BCUT2D eigenvalue weighted by Gasteiger charge is 2.42. The molecule has 0 radical (unpaired) electrons. The van der Waals surface area contributed by atoms with Gasteiger partial charge in [-0.05, 0) is 352 Å². The Hall–Kier alpha value is 0.310. The van der Waals surface area contributed by atoms with Gasteiger partial charge < -0.3 is 73.7 Å². The maximum atomic E-state index is 12.6. The lowest BCUT2D eigenvalue weighted by atomic mass is 9.83. The van der Waals surface area contributed by atoms with Crippen LogP contribution in [0.2, 0.25) is 0 Å². The monoisotopic (exact) mass is 2870 g/mol. The molecule has 33 heteroatoms. The van der Waals surface area contributed by atoms with Gasteiger partial charge in [0.2, 0.25) is 0 Å². The van der Waals surface area contributed by atoms with E-state index in [9.17, 15) is 58.5 Å². The second kappa shape index (κ2) is 50.5. The predicted molar refractivity (Wildman–Crippen MR) is 516 cm³/mol. The third kappa shape index (κ3) is 38.4. The molecule has 0 aromatic heterocycles. The van der Waals surface area contributed by atoms with Crippen LogP contribution < -0.4 is 30.9 Å². The number of hydrogen-bond acceptors (Lipinski definition) is 18. The summed E-state index contributed by atoms with van der Waals surface area (Å²) in [5.41, 5.74) is 0.667. The fraction of sp³-hybridized carbons (Fsp3) is 0.545. The fourth-order valence-electron chi connectivity index (χ4n) is 11.3. The number of piperidine rings is 3. The molecule has 1 saturated carbocycles. The van der Waals surface area contributed by atoms with E-state index in [1.165, 1.54) is 32.4 Å². The van der Waals surface area contributed by atoms with E-state index in [2.05, 4.69) is 232 Å². The first-order valence-electron chi connectivity index (χ1n) is 35.4. The Kier molecular flexibility index (Phi) is 48.0. The van der Waals surface area contributed by atoms with Gasteiger partial charge in [-0.2, -0.15) is 0 Å². The second-order valence-corrected chi connectivity index (χ2v) is 47.4. The molecular formula is C77H95I12N3O18. The summed E-state index contributed by atoms with van der Waals surface area (Å²) in [6.07, 6.45) is 14.1. The molecule has 610 valence electrons. The SMILES string of the molecule is C#CC1(OC(=O)c2cc(I)cc(I)c2I)CC[NH2+]CC1.CC(C)(I)C(=O)OC(CC(=O)[O-])c1ccccc1.CC(C)(I)C(=O)OC1(CC(=O)[O-])CCCC1.CC(C)(OC(=O)c1cc(I)cc(I)c1I)C1CC[NH2+]CC1.CC(C)C(CC(=O)[O-])OC(=O)C(C)(C)I.O=C(OCC[NH+]1CCCCC1)c1cc(I)cc(I)c1I. The van der Waals surface area contributed by atoms with E-state index in [1.54, 1.807) is 84.6 Å². The number of alkyl halides is 3. The third-order valence-corrected chi connectivity index (χ3v) is 29.9. The number of carboxylic acid groups (broad SMARTS) is 3. The van der Waals surface area contributed by atoms with Gasteiger partial charge in [0, 0.05) is 101 Å². The molecule has 5 N–H and O–H groups in total. The molecule has 3 saturated heterocycles. The molecule has 21 nitrogen and oxygen atoms in total. The van der Waals surface area contributed by atoms with Gasteiger partial charge in [0.1, 0.15) is 46.8 Å². The van der Waals surface area contributed by atoms with Crippen LogP contribution in [0, 0.1) is 56.3 Å². The Morgan fingerprint density at radius 3 is 1.41 bits per heavy atom. The molecule has 1 aliphatic carbocycles. The van der Waals surface area contributed by atoms with E-state index >= 15 is 0 Å². The number of benzene rings is 4. The van der Waals surface area contributed by atoms with Crippen molar-refractivity contribution in [2.75, 3.05) is 52.4 Å². The molecule has 4 aliphatic rings. The fourth-order valence-corrected chi connectivity index (χ4v) is 18.8. The Bertz CT molecular complexity index is 3800. The number of nitrogens with two attached hydrogens (primary N) is 2. The average Bonchev–Trinajstić information content (AvgIpc) is 0.924. The number of esters is 6. The smallest absolute Gasteiger partial charge is 0.340 e. The highest BCUT2D eigenvalue weighted by molar-refractivity contribution is 14.1. The van der Waals surface area contributed by atoms with Gasteiger partial charge >= 0.3 is 35.8 Å². The van der Waals surface area contributed by atoms with Crippen molar-refractivity contribution in [3.8, 4) is 12.3 Å². The number of quaternary nitrogens is 3. The van der Waals surface area contributed by atoms with Crippen molar-refractivity contribution in [2.24, 2.45) is 11.8 Å². The highest BCUT2D eigenvalue weighted by atomic mass is 127. The highest BCUT2D eigenvalue weighted by Crippen LogP contribution is 2.39. The van der Waals surface area contributed by atoms with Crippen molar-refractivity contribution in [2.45, 2.75) is 198 Å². The number of carbonyl (C=O) groups excluding carboxylic acids is 9. The predicted octanol–water partition coefficient (Wildman–Crippen LogP) is 12.2. The zero-order valence-corrected chi connectivity index (χ0v) is 88.7. The second-order valence-electron chi connectivity index (χ2n) is 28.9. The number of nitrogens with one attached hydrogen (secondary N) is 1. The van der Waals surface area contributed by atoms with E-state index in [4.69, 9.17) is 34.8 Å². The van der Waals surface area contributed by atoms with Crippen molar-refractivity contribution < 1.29 is 102 Å². The minimum absolute atomic E-state index is 0.0365. The quantitative estimate of drug-likeness (QED) is 0.0155. The largest absolute Gasteiger partial charge is 0.550 e. The lowest BCUT2D eigenvalue weighted by Gasteiger charge is -2.35. The van der Waals surface area contributed by atoms with E-state index in [0.717, 1.165) is 90.5 Å². The van der Waals surface area contributed by atoms with Crippen molar-refractivity contribution in [1.82, 2.24) is 0 Å². The molecule has 4 aromatic rings. The maximum absolute atomic E-state index is 12.6.